The lowest BCUT2D eigenvalue weighted by Crippen LogP contribution is -2.40. The predicted molar refractivity (Wildman–Crippen MR) is 98.4 cm³/mol. The summed E-state index contributed by atoms with van der Waals surface area (Å²) in [5, 5.41) is 55.3. The van der Waals surface area contributed by atoms with E-state index < -0.39 is 74.2 Å². The minimum Gasteiger partial charge on any atom is -0.396 e. The molecule has 0 aromatic heterocycles. The summed E-state index contributed by atoms with van der Waals surface area (Å²) in [4.78, 5) is 24.0. The highest BCUT2D eigenvalue weighted by Crippen LogP contribution is 2.17. The second-order valence-electron chi connectivity index (χ2n) is 7.52. The molecule has 0 aromatic rings. The SMILES string of the molecule is CC(COCC(CO)(CO)CO)C(=O)OC(=O)C(C)COCC(CO)(CO)CO. The first-order valence-electron chi connectivity index (χ1n) is 9.25. The third kappa shape index (κ3) is 9.01. The van der Waals surface area contributed by atoms with Crippen molar-refractivity contribution in [3.05, 3.63) is 0 Å². The Balaban J connectivity index is 4.38. The third-order valence-electron chi connectivity index (χ3n) is 4.57. The van der Waals surface area contributed by atoms with E-state index in [-0.39, 0.29) is 26.4 Å². The van der Waals surface area contributed by atoms with Crippen molar-refractivity contribution >= 4 is 11.9 Å². The standard InChI is InChI=1S/C18H34O11/c1-13(3-27-11-17(5-19,6-20)7-21)15(25)29-16(26)14(2)4-28-12-18(8-22,9-23)10-24/h13-14,19-24H,3-12H2,1-2H3. The van der Waals surface area contributed by atoms with Crippen LogP contribution >= 0.6 is 0 Å². The Hall–Kier alpha value is -1.18. The molecule has 0 amide bonds. The molecule has 0 aromatic carbocycles. The van der Waals surface area contributed by atoms with Crippen LogP contribution in [0.4, 0.5) is 0 Å². The first kappa shape index (κ1) is 27.8. The summed E-state index contributed by atoms with van der Waals surface area (Å²) in [5.41, 5.74) is -2.45. The Morgan fingerprint density at radius 1 is 0.655 bits per heavy atom. The van der Waals surface area contributed by atoms with Gasteiger partial charge in [0.15, 0.2) is 0 Å². The van der Waals surface area contributed by atoms with Gasteiger partial charge in [0, 0.05) is 0 Å². The monoisotopic (exact) mass is 426 g/mol. The summed E-state index contributed by atoms with van der Waals surface area (Å²) in [6, 6.07) is 0. The largest absolute Gasteiger partial charge is 0.396 e. The molecule has 2 atom stereocenters. The van der Waals surface area contributed by atoms with Gasteiger partial charge >= 0.3 is 11.9 Å². The molecule has 0 bridgehead atoms. The first-order valence-corrected chi connectivity index (χ1v) is 9.25. The molecule has 0 saturated heterocycles. The Kier molecular flexibility index (Phi) is 13.4. The van der Waals surface area contributed by atoms with Crippen molar-refractivity contribution in [2.45, 2.75) is 13.8 Å². The Morgan fingerprint density at radius 2 is 0.931 bits per heavy atom. The zero-order valence-corrected chi connectivity index (χ0v) is 17.0. The molecule has 0 spiro atoms. The quantitative estimate of drug-likeness (QED) is 0.111. The minimum atomic E-state index is -1.22. The van der Waals surface area contributed by atoms with Crippen molar-refractivity contribution in [1.82, 2.24) is 0 Å². The molecule has 0 radical (unpaired) electrons. The summed E-state index contributed by atoms with van der Waals surface area (Å²) < 4.78 is 15.3. The van der Waals surface area contributed by atoms with Gasteiger partial charge in [0.2, 0.25) is 0 Å². The van der Waals surface area contributed by atoms with Crippen LogP contribution < -0.4 is 0 Å². The second-order valence-corrected chi connectivity index (χ2v) is 7.52. The molecule has 172 valence electrons. The van der Waals surface area contributed by atoms with Gasteiger partial charge in [-0.2, -0.15) is 0 Å². The number of ether oxygens (including phenoxy) is 3. The van der Waals surface area contributed by atoms with E-state index in [1.165, 1.54) is 13.8 Å². The van der Waals surface area contributed by atoms with Gasteiger partial charge in [-0.05, 0) is 13.8 Å². The molecule has 6 N–H and O–H groups in total. The van der Waals surface area contributed by atoms with Gasteiger partial charge in [-0.25, -0.2) is 0 Å². The van der Waals surface area contributed by atoms with Crippen molar-refractivity contribution < 1.29 is 54.4 Å². The van der Waals surface area contributed by atoms with E-state index in [0.29, 0.717) is 0 Å². The maximum Gasteiger partial charge on any atom is 0.318 e. The Bertz CT molecular complexity index is 416. The molecule has 2 unspecified atom stereocenters. The van der Waals surface area contributed by atoms with Crippen molar-refractivity contribution in [3.8, 4) is 0 Å². The lowest BCUT2D eigenvalue weighted by atomic mass is 9.92. The molecule has 0 aliphatic heterocycles. The topological polar surface area (TPSA) is 183 Å². The van der Waals surface area contributed by atoms with E-state index in [0.717, 1.165) is 0 Å². The molecular formula is C18H34O11. The van der Waals surface area contributed by atoms with E-state index in [1.807, 2.05) is 0 Å². The molecule has 0 heterocycles. The van der Waals surface area contributed by atoms with Gasteiger partial charge in [-0.1, -0.05) is 0 Å². The smallest absolute Gasteiger partial charge is 0.318 e. The molecule has 11 heteroatoms. The molecule has 29 heavy (non-hydrogen) atoms. The van der Waals surface area contributed by atoms with Crippen LogP contribution in [0.3, 0.4) is 0 Å². The number of rotatable bonds is 16. The van der Waals surface area contributed by atoms with Crippen LogP contribution in [0.5, 0.6) is 0 Å². The summed E-state index contributed by atoms with van der Waals surface area (Å²) in [6.07, 6.45) is 0. The fraction of sp³-hybridized carbons (Fsp3) is 0.889. The molecule has 0 rings (SSSR count). The van der Waals surface area contributed by atoms with Gasteiger partial charge in [0.25, 0.3) is 0 Å². The molecular weight excluding hydrogens is 392 g/mol. The van der Waals surface area contributed by atoms with E-state index >= 15 is 0 Å². The van der Waals surface area contributed by atoms with Gasteiger partial charge in [-0.15, -0.1) is 0 Å². The predicted octanol–water partition coefficient (Wildman–Crippen LogP) is -2.71. The summed E-state index contributed by atoms with van der Waals surface area (Å²) in [6.45, 7) is -0.743. The molecule has 0 saturated carbocycles. The number of carbonyl (C=O) groups is 2. The molecule has 11 nitrogen and oxygen atoms in total. The van der Waals surface area contributed by atoms with E-state index in [2.05, 4.69) is 0 Å². The highest BCUT2D eigenvalue weighted by atomic mass is 16.6. The van der Waals surface area contributed by atoms with Gasteiger partial charge < -0.3 is 44.8 Å². The number of carbonyl (C=O) groups excluding carboxylic acids is 2. The normalized spacial score (nSPS) is 14.5. The van der Waals surface area contributed by atoms with Crippen LogP contribution in [0, 0.1) is 22.7 Å². The van der Waals surface area contributed by atoms with Crippen molar-refractivity contribution in [3.63, 3.8) is 0 Å². The zero-order valence-electron chi connectivity index (χ0n) is 17.0. The van der Waals surface area contributed by atoms with Crippen LogP contribution in [0.15, 0.2) is 0 Å². The Labute approximate surface area is 169 Å². The molecule has 0 aliphatic rings. The number of aliphatic hydroxyl groups excluding tert-OH is 6. The molecule has 0 aliphatic carbocycles. The van der Waals surface area contributed by atoms with Gasteiger partial charge in [0.05, 0.1) is 88.7 Å². The highest BCUT2D eigenvalue weighted by molar-refractivity contribution is 5.87. The maximum absolute atomic E-state index is 12.0. The van der Waals surface area contributed by atoms with Crippen molar-refractivity contribution in [1.29, 1.82) is 0 Å². The average Bonchev–Trinajstić information content (AvgIpc) is 2.74. The summed E-state index contributed by atoms with van der Waals surface area (Å²) in [7, 11) is 0. The number of hydrogen-bond donors (Lipinski definition) is 6. The summed E-state index contributed by atoms with van der Waals surface area (Å²) in [5.74, 6) is -3.29. The van der Waals surface area contributed by atoms with Gasteiger partial charge in [-0.3, -0.25) is 9.59 Å². The van der Waals surface area contributed by atoms with Gasteiger partial charge in [0.1, 0.15) is 0 Å². The van der Waals surface area contributed by atoms with E-state index in [9.17, 15) is 40.2 Å². The minimum absolute atomic E-state index is 0.148. The summed E-state index contributed by atoms with van der Waals surface area (Å²) >= 11 is 0. The van der Waals surface area contributed by atoms with Crippen LogP contribution in [0.2, 0.25) is 0 Å². The molecule has 0 fully saturated rings. The van der Waals surface area contributed by atoms with Crippen molar-refractivity contribution in [2.75, 3.05) is 66.1 Å². The van der Waals surface area contributed by atoms with Crippen LogP contribution in [-0.2, 0) is 23.8 Å². The third-order valence-corrected chi connectivity index (χ3v) is 4.57. The maximum atomic E-state index is 12.0. The van der Waals surface area contributed by atoms with E-state index in [4.69, 9.17) is 14.2 Å². The van der Waals surface area contributed by atoms with Crippen LogP contribution in [0.1, 0.15) is 13.8 Å². The Morgan fingerprint density at radius 3 is 1.17 bits per heavy atom. The van der Waals surface area contributed by atoms with E-state index in [1.54, 1.807) is 0 Å². The van der Waals surface area contributed by atoms with Crippen LogP contribution in [0.25, 0.3) is 0 Å². The first-order chi connectivity index (χ1) is 13.7. The number of aliphatic hydroxyl groups is 6. The zero-order chi connectivity index (χ0) is 22.5. The lowest BCUT2D eigenvalue weighted by Gasteiger charge is -2.27. The second kappa shape index (κ2) is 13.9. The average molecular weight is 426 g/mol. The number of esters is 2. The highest BCUT2D eigenvalue weighted by Gasteiger charge is 2.31. The fourth-order valence-corrected chi connectivity index (χ4v) is 1.91. The van der Waals surface area contributed by atoms with Crippen molar-refractivity contribution in [2.24, 2.45) is 22.7 Å². The van der Waals surface area contributed by atoms with Crippen LogP contribution in [-0.4, -0.2) is 109 Å². The lowest BCUT2D eigenvalue weighted by molar-refractivity contribution is -0.168. The fourth-order valence-electron chi connectivity index (χ4n) is 1.91. The number of hydrogen-bond acceptors (Lipinski definition) is 11.